The number of rotatable bonds is 6. The van der Waals surface area contributed by atoms with Crippen LogP contribution in [0.2, 0.25) is 0 Å². The van der Waals surface area contributed by atoms with Gasteiger partial charge >= 0.3 is 0 Å². The lowest BCUT2D eigenvalue weighted by atomic mass is 10.1. The molecule has 0 unspecified atom stereocenters. The summed E-state index contributed by atoms with van der Waals surface area (Å²) in [6, 6.07) is 14.0. The van der Waals surface area contributed by atoms with E-state index < -0.39 is 0 Å². The molecule has 176 valence electrons. The van der Waals surface area contributed by atoms with Gasteiger partial charge in [-0.05, 0) is 99.5 Å². The van der Waals surface area contributed by atoms with Crippen molar-refractivity contribution in [2.45, 2.75) is 34.6 Å². The average molecular weight is 539 g/mol. The standard InChI is InChI=1S/C27H27BrN2O3S/c1-16-6-8-23(9-7-16)33-11-10-29-26(31)24(34-27(29)32)15-21-14-19(4)30(20(21)5)22-12-17(2)25(28)18(3)13-22/h6-9,12-15H,10-11H2,1-5H3/b24-15-. The van der Waals surface area contributed by atoms with Gasteiger partial charge < -0.3 is 9.30 Å². The fourth-order valence-corrected chi connectivity index (χ4v) is 5.19. The maximum atomic E-state index is 13.0. The Bertz CT molecular complexity index is 1290. The highest BCUT2D eigenvalue weighted by Gasteiger charge is 2.35. The van der Waals surface area contributed by atoms with Crippen LogP contribution < -0.4 is 4.74 Å². The third-order valence-electron chi connectivity index (χ3n) is 5.91. The van der Waals surface area contributed by atoms with E-state index in [1.807, 2.05) is 51.1 Å². The second-order valence-electron chi connectivity index (χ2n) is 8.55. The van der Waals surface area contributed by atoms with E-state index in [2.05, 4.69) is 52.5 Å². The monoisotopic (exact) mass is 538 g/mol. The molecule has 3 aromatic rings. The summed E-state index contributed by atoms with van der Waals surface area (Å²) in [5.41, 5.74) is 7.57. The number of aryl methyl sites for hydroxylation is 4. The topological polar surface area (TPSA) is 51.5 Å². The van der Waals surface area contributed by atoms with Crippen molar-refractivity contribution in [1.82, 2.24) is 9.47 Å². The van der Waals surface area contributed by atoms with Crippen molar-refractivity contribution in [3.63, 3.8) is 0 Å². The number of nitrogens with zero attached hydrogens (tertiary/aromatic N) is 2. The van der Waals surface area contributed by atoms with E-state index in [-0.39, 0.29) is 24.3 Å². The van der Waals surface area contributed by atoms with Crippen molar-refractivity contribution < 1.29 is 14.3 Å². The normalized spacial score (nSPS) is 15.0. The summed E-state index contributed by atoms with van der Waals surface area (Å²) in [6.07, 6.45) is 1.82. The summed E-state index contributed by atoms with van der Waals surface area (Å²) in [4.78, 5) is 27.2. The Labute approximate surface area is 212 Å². The van der Waals surface area contributed by atoms with Gasteiger partial charge in [0.15, 0.2) is 0 Å². The minimum absolute atomic E-state index is 0.215. The predicted molar refractivity (Wildman–Crippen MR) is 142 cm³/mol. The van der Waals surface area contributed by atoms with E-state index in [0.717, 1.165) is 61.3 Å². The van der Waals surface area contributed by atoms with Gasteiger partial charge in [-0.2, -0.15) is 0 Å². The van der Waals surface area contributed by atoms with Gasteiger partial charge in [0.1, 0.15) is 12.4 Å². The number of carbonyl (C=O) groups is 2. The van der Waals surface area contributed by atoms with Gasteiger partial charge in [-0.3, -0.25) is 14.5 Å². The van der Waals surface area contributed by atoms with E-state index in [0.29, 0.717) is 4.91 Å². The van der Waals surface area contributed by atoms with Crippen molar-refractivity contribution >= 4 is 44.9 Å². The van der Waals surface area contributed by atoms with Crippen LogP contribution in [0, 0.1) is 34.6 Å². The first-order chi connectivity index (χ1) is 16.2. The average Bonchev–Trinajstić information content (AvgIpc) is 3.22. The number of carbonyl (C=O) groups excluding carboxylic acids is 2. The van der Waals surface area contributed by atoms with Crippen molar-refractivity contribution in [1.29, 1.82) is 0 Å². The lowest BCUT2D eigenvalue weighted by Gasteiger charge is -2.13. The van der Waals surface area contributed by atoms with Crippen LogP contribution in [0.15, 0.2) is 51.8 Å². The van der Waals surface area contributed by atoms with Gasteiger partial charge in [0.25, 0.3) is 11.1 Å². The zero-order valence-electron chi connectivity index (χ0n) is 19.9. The number of amides is 2. The van der Waals surface area contributed by atoms with Gasteiger partial charge in [0.2, 0.25) is 0 Å². The Hall–Kier alpha value is -2.77. The van der Waals surface area contributed by atoms with E-state index in [4.69, 9.17) is 4.74 Å². The minimum Gasteiger partial charge on any atom is -0.492 e. The Morgan fingerprint density at radius 1 is 0.971 bits per heavy atom. The number of benzene rings is 2. The van der Waals surface area contributed by atoms with E-state index in [1.165, 1.54) is 4.90 Å². The fraction of sp³-hybridized carbons (Fsp3) is 0.259. The lowest BCUT2D eigenvalue weighted by Crippen LogP contribution is -2.32. The smallest absolute Gasteiger partial charge is 0.293 e. The molecule has 1 aliphatic rings. The van der Waals surface area contributed by atoms with Gasteiger partial charge in [-0.25, -0.2) is 0 Å². The molecule has 0 spiro atoms. The molecule has 0 N–H and O–H groups in total. The Kier molecular flexibility index (Phi) is 7.05. The number of hydrogen-bond donors (Lipinski definition) is 0. The van der Waals surface area contributed by atoms with Gasteiger partial charge in [-0.1, -0.05) is 33.6 Å². The molecule has 7 heteroatoms. The fourth-order valence-electron chi connectivity index (χ4n) is 4.11. The van der Waals surface area contributed by atoms with Crippen LogP contribution in [-0.4, -0.2) is 33.8 Å². The Morgan fingerprint density at radius 3 is 2.26 bits per heavy atom. The summed E-state index contributed by atoms with van der Waals surface area (Å²) in [7, 11) is 0. The highest BCUT2D eigenvalue weighted by atomic mass is 79.9. The molecule has 1 saturated heterocycles. The highest BCUT2D eigenvalue weighted by Crippen LogP contribution is 2.34. The predicted octanol–water partition coefficient (Wildman–Crippen LogP) is 6.90. The van der Waals surface area contributed by atoms with Gasteiger partial charge in [-0.15, -0.1) is 0 Å². The van der Waals surface area contributed by atoms with Crippen LogP contribution in [-0.2, 0) is 4.79 Å². The third-order valence-corrected chi connectivity index (χ3v) is 8.07. The van der Waals surface area contributed by atoms with Crippen molar-refractivity contribution in [3.05, 3.63) is 85.5 Å². The molecule has 0 saturated carbocycles. The summed E-state index contributed by atoms with van der Waals surface area (Å²) in [6.45, 7) is 10.7. The molecule has 0 bridgehead atoms. The van der Waals surface area contributed by atoms with Crippen LogP contribution >= 0.6 is 27.7 Å². The van der Waals surface area contributed by atoms with Gasteiger partial charge in [0.05, 0.1) is 11.4 Å². The number of aromatic nitrogens is 1. The number of hydrogen-bond acceptors (Lipinski definition) is 4. The van der Waals surface area contributed by atoms with E-state index in [1.54, 1.807) is 0 Å². The number of thioether (sulfide) groups is 1. The molecule has 4 rings (SSSR count). The maximum Gasteiger partial charge on any atom is 0.293 e. The quantitative estimate of drug-likeness (QED) is 0.320. The van der Waals surface area contributed by atoms with Crippen LogP contribution in [0.3, 0.4) is 0 Å². The summed E-state index contributed by atoms with van der Waals surface area (Å²) < 4.78 is 9.00. The molecule has 0 aliphatic carbocycles. The molecule has 2 heterocycles. The lowest BCUT2D eigenvalue weighted by molar-refractivity contribution is -0.123. The first kappa shape index (κ1) is 24.4. The second-order valence-corrected chi connectivity index (χ2v) is 10.3. The second kappa shape index (κ2) is 9.84. The zero-order valence-corrected chi connectivity index (χ0v) is 22.3. The molecular formula is C27H27BrN2O3S. The third kappa shape index (κ3) is 4.86. The molecule has 0 atom stereocenters. The number of ether oxygens (including phenoxy) is 1. The molecule has 2 aromatic carbocycles. The maximum absolute atomic E-state index is 13.0. The minimum atomic E-state index is -0.275. The van der Waals surface area contributed by atoms with Crippen LogP contribution in [0.5, 0.6) is 5.75 Å². The molecule has 34 heavy (non-hydrogen) atoms. The summed E-state index contributed by atoms with van der Waals surface area (Å²) in [5.74, 6) is 0.446. The molecular weight excluding hydrogens is 512 g/mol. The van der Waals surface area contributed by atoms with Crippen LogP contribution in [0.25, 0.3) is 11.8 Å². The van der Waals surface area contributed by atoms with Crippen molar-refractivity contribution in [3.8, 4) is 11.4 Å². The molecule has 1 aromatic heterocycles. The number of halogens is 1. The SMILES string of the molecule is Cc1ccc(OCCN2C(=O)S/C(=C\c3cc(C)n(-c4cc(C)c(Br)c(C)c4)c3C)C2=O)cc1. The Morgan fingerprint density at radius 2 is 1.62 bits per heavy atom. The first-order valence-electron chi connectivity index (χ1n) is 11.1. The molecule has 5 nitrogen and oxygen atoms in total. The molecule has 1 aliphatic heterocycles. The Balaban J connectivity index is 1.52. The molecule has 2 amide bonds. The van der Waals surface area contributed by atoms with Crippen molar-refractivity contribution in [2.24, 2.45) is 0 Å². The highest BCUT2D eigenvalue weighted by molar-refractivity contribution is 9.10. The van der Waals surface area contributed by atoms with Crippen LogP contribution in [0.4, 0.5) is 4.79 Å². The van der Waals surface area contributed by atoms with E-state index in [9.17, 15) is 9.59 Å². The zero-order chi connectivity index (χ0) is 24.6. The van der Waals surface area contributed by atoms with Crippen molar-refractivity contribution in [2.75, 3.05) is 13.2 Å². The molecule has 1 fully saturated rings. The summed E-state index contributed by atoms with van der Waals surface area (Å²) in [5, 5.41) is -0.267. The van der Waals surface area contributed by atoms with Crippen LogP contribution in [0.1, 0.15) is 33.6 Å². The molecule has 0 radical (unpaired) electrons. The van der Waals surface area contributed by atoms with E-state index >= 15 is 0 Å². The number of imide groups is 1. The summed E-state index contributed by atoms with van der Waals surface area (Å²) >= 11 is 4.61. The van der Waals surface area contributed by atoms with Gasteiger partial charge in [0, 0.05) is 21.5 Å². The largest absolute Gasteiger partial charge is 0.492 e. The first-order valence-corrected chi connectivity index (χ1v) is 12.7.